The van der Waals surface area contributed by atoms with E-state index < -0.39 is 5.79 Å². The predicted octanol–water partition coefficient (Wildman–Crippen LogP) is 3.85. The maximum absolute atomic E-state index is 6.52. The van der Waals surface area contributed by atoms with Crippen LogP contribution in [0.3, 0.4) is 0 Å². The van der Waals surface area contributed by atoms with Gasteiger partial charge in [-0.3, -0.25) is 4.84 Å². The van der Waals surface area contributed by atoms with E-state index >= 15 is 0 Å². The second-order valence-electron chi connectivity index (χ2n) is 9.46. The van der Waals surface area contributed by atoms with Gasteiger partial charge in [-0.05, 0) is 52.3 Å². The first kappa shape index (κ1) is 20.1. The molecule has 2 unspecified atom stereocenters. The minimum Gasteiger partial charge on any atom is -0.491 e. The third-order valence-electron chi connectivity index (χ3n) is 5.77. The van der Waals surface area contributed by atoms with Crippen molar-refractivity contribution in [3.05, 3.63) is 29.8 Å². The van der Waals surface area contributed by atoms with E-state index in [1.165, 1.54) is 0 Å². The summed E-state index contributed by atoms with van der Waals surface area (Å²) in [5, 5.41) is 2.15. The van der Waals surface area contributed by atoms with E-state index in [1.54, 1.807) is 0 Å². The Morgan fingerprint density at radius 2 is 1.61 bits per heavy atom. The number of benzene rings is 1. The normalized spacial score (nSPS) is 29.0. The number of epoxide rings is 1. The van der Waals surface area contributed by atoms with Gasteiger partial charge >= 0.3 is 0 Å². The monoisotopic (exact) mass is 391 g/mol. The zero-order chi connectivity index (χ0) is 20.0. The minimum absolute atomic E-state index is 0.0705. The van der Waals surface area contributed by atoms with Crippen LogP contribution in [-0.2, 0) is 19.0 Å². The summed E-state index contributed by atoms with van der Waals surface area (Å²) < 4.78 is 23.0. The van der Waals surface area contributed by atoms with Crippen molar-refractivity contribution in [2.75, 3.05) is 26.4 Å². The van der Waals surface area contributed by atoms with Gasteiger partial charge in [0.05, 0.1) is 19.8 Å². The van der Waals surface area contributed by atoms with E-state index in [0.29, 0.717) is 19.8 Å². The second kappa shape index (κ2) is 7.26. The average Bonchev–Trinajstić information content (AvgIpc) is 3.36. The summed E-state index contributed by atoms with van der Waals surface area (Å²) in [6, 6.07) is 8.14. The van der Waals surface area contributed by atoms with Gasteiger partial charge in [-0.1, -0.05) is 12.1 Å². The Morgan fingerprint density at radius 1 is 1.04 bits per heavy atom. The van der Waals surface area contributed by atoms with Crippen molar-refractivity contribution in [3.8, 4) is 5.75 Å². The molecule has 3 aliphatic heterocycles. The Hall–Kier alpha value is -1.18. The number of ether oxygens (including phenoxy) is 4. The van der Waals surface area contributed by atoms with Gasteiger partial charge in [0.15, 0.2) is 5.79 Å². The Labute approximate surface area is 168 Å². The van der Waals surface area contributed by atoms with Crippen molar-refractivity contribution in [1.82, 2.24) is 5.06 Å². The van der Waals surface area contributed by atoms with Crippen molar-refractivity contribution in [3.63, 3.8) is 0 Å². The third kappa shape index (κ3) is 4.21. The van der Waals surface area contributed by atoms with Crippen molar-refractivity contribution in [2.45, 2.75) is 76.5 Å². The molecule has 0 aliphatic carbocycles. The summed E-state index contributed by atoms with van der Waals surface area (Å²) in [6.07, 6.45) is 1.76. The highest BCUT2D eigenvalue weighted by Gasteiger charge is 2.56. The lowest BCUT2D eigenvalue weighted by molar-refractivity contribution is -0.349. The van der Waals surface area contributed by atoms with Crippen LogP contribution in [0.25, 0.3) is 0 Å². The number of piperidine rings is 1. The van der Waals surface area contributed by atoms with Crippen molar-refractivity contribution in [2.24, 2.45) is 0 Å². The molecule has 0 aromatic heterocycles. The lowest BCUT2D eigenvalue weighted by Gasteiger charge is -2.56. The van der Waals surface area contributed by atoms with E-state index in [-0.39, 0.29) is 23.3 Å². The smallest absolute Gasteiger partial charge is 0.172 e. The summed E-state index contributed by atoms with van der Waals surface area (Å²) in [6.45, 7) is 13.7. The molecule has 0 amide bonds. The van der Waals surface area contributed by atoms with Gasteiger partial charge in [-0.2, -0.15) is 5.06 Å². The zero-order valence-electron chi connectivity index (χ0n) is 17.7. The maximum Gasteiger partial charge on any atom is 0.172 e. The van der Waals surface area contributed by atoms with Crippen molar-refractivity contribution < 1.29 is 23.8 Å². The number of nitrogens with zero attached hydrogens (tertiary/aromatic N) is 1. The van der Waals surface area contributed by atoms with Gasteiger partial charge in [-0.15, -0.1) is 0 Å². The third-order valence-corrected chi connectivity index (χ3v) is 5.77. The van der Waals surface area contributed by atoms with Crippen LogP contribution in [0.1, 0.15) is 59.1 Å². The first-order chi connectivity index (χ1) is 13.2. The molecule has 3 aliphatic rings. The molecular formula is C22H33NO5. The molecule has 1 aromatic rings. The Kier molecular flexibility index (Phi) is 5.21. The average molecular weight is 392 g/mol. The van der Waals surface area contributed by atoms with Crippen LogP contribution in [0.15, 0.2) is 24.3 Å². The summed E-state index contributed by atoms with van der Waals surface area (Å²) in [4.78, 5) is 6.52. The van der Waals surface area contributed by atoms with Crippen LogP contribution < -0.4 is 4.74 Å². The van der Waals surface area contributed by atoms with Gasteiger partial charge in [0.2, 0.25) is 0 Å². The highest BCUT2D eigenvalue weighted by atomic mass is 16.7. The fourth-order valence-electron chi connectivity index (χ4n) is 4.74. The molecule has 3 saturated heterocycles. The molecule has 3 heterocycles. The van der Waals surface area contributed by atoms with Crippen molar-refractivity contribution >= 4 is 0 Å². The van der Waals surface area contributed by atoms with Crippen LogP contribution in [-0.4, -0.2) is 54.5 Å². The maximum atomic E-state index is 6.52. The highest BCUT2D eigenvalue weighted by Crippen LogP contribution is 2.48. The summed E-state index contributed by atoms with van der Waals surface area (Å²) >= 11 is 0. The molecule has 3 fully saturated rings. The molecule has 0 radical (unpaired) electrons. The van der Waals surface area contributed by atoms with Gasteiger partial charge in [0.1, 0.15) is 24.6 Å². The van der Waals surface area contributed by atoms with Crippen LogP contribution in [0.2, 0.25) is 0 Å². The lowest BCUT2D eigenvalue weighted by atomic mass is 9.78. The number of hydrogen-bond donors (Lipinski definition) is 0. The number of hydroxylamine groups is 2. The van der Waals surface area contributed by atoms with E-state index in [2.05, 4.69) is 51.8 Å². The minimum atomic E-state index is -0.486. The van der Waals surface area contributed by atoms with E-state index in [4.69, 9.17) is 23.8 Å². The summed E-state index contributed by atoms with van der Waals surface area (Å²) in [7, 11) is 0. The van der Waals surface area contributed by atoms with Crippen LogP contribution in [0, 0.1) is 0 Å². The molecule has 6 nitrogen and oxygen atoms in total. The van der Waals surface area contributed by atoms with E-state index in [1.807, 2.05) is 12.1 Å². The van der Waals surface area contributed by atoms with Crippen molar-refractivity contribution in [1.29, 1.82) is 0 Å². The van der Waals surface area contributed by atoms with Crippen LogP contribution >= 0.6 is 0 Å². The lowest BCUT2D eigenvalue weighted by Crippen LogP contribution is -2.65. The summed E-state index contributed by atoms with van der Waals surface area (Å²) in [5.41, 5.74) is 0.691. The quantitative estimate of drug-likeness (QED) is 0.687. The molecule has 0 N–H and O–H groups in total. The Balaban J connectivity index is 1.43. The molecule has 156 valence electrons. The molecule has 0 bridgehead atoms. The molecule has 4 rings (SSSR count). The Morgan fingerprint density at radius 3 is 2.14 bits per heavy atom. The highest BCUT2D eigenvalue weighted by molar-refractivity contribution is 5.28. The summed E-state index contributed by atoms with van der Waals surface area (Å²) in [5.74, 6) is 0.378. The molecule has 2 atom stereocenters. The molecule has 28 heavy (non-hydrogen) atoms. The molecule has 0 saturated carbocycles. The zero-order valence-corrected chi connectivity index (χ0v) is 17.7. The SMILES string of the molecule is CC(ON1C(C)(C)CC2(CC1(C)C)OCCO2)c1ccc(OCC2CO2)cc1. The number of rotatable bonds is 6. The molecule has 1 spiro atoms. The number of hydrogen-bond acceptors (Lipinski definition) is 6. The molecule has 6 heteroatoms. The predicted molar refractivity (Wildman–Crippen MR) is 105 cm³/mol. The fourth-order valence-corrected chi connectivity index (χ4v) is 4.74. The van der Waals surface area contributed by atoms with Gasteiger partial charge in [0, 0.05) is 23.9 Å². The van der Waals surface area contributed by atoms with Crippen LogP contribution in [0.4, 0.5) is 0 Å². The van der Waals surface area contributed by atoms with E-state index in [9.17, 15) is 0 Å². The van der Waals surface area contributed by atoms with Gasteiger partial charge in [0.25, 0.3) is 0 Å². The molecular weight excluding hydrogens is 358 g/mol. The van der Waals surface area contributed by atoms with Gasteiger partial charge < -0.3 is 18.9 Å². The first-order valence-electron chi connectivity index (χ1n) is 10.3. The second-order valence-corrected chi connectivity index (χ2v) is 9.46. The standard InChI is InChI=1S/C22H33NO5/c1-16(17-6-8-18(9-7-17)24-12-19-13-25-19)28-23-20(2,3)14-22(15-21(23,4)5)26-10-11-27-22/h6-9,16,19H,10-15H2,1-5H3. The largest absolute Gasteiger partial charge is 0.491 e. The molecule has 1 aromatic carbocycles. The van der Waals surface area contributed by atoms with E-state index in [0.717, 1.165) is 30.8 Å². The van der Waals surface area contributed by atoms with Gasteiger partial charge in [-0.25, -0.2) is 0 Å². The first-order valence-corrected chi connectivity index (χ1v) is 10.3. The van der Waals surface area contributed by atoms with Crippen LogP contribution in [0.5, 0.6) is 5.75 Å². The topological polar surface area (TPSA) is 52.7 Å². The fraction of sp³-hybridized carbons (Fsp3) is 0.727. The Bertz CT molecular complexity index is 657.